The maximum Gasteiger partial charge on any atom is 0.135 e. The number of ether oxygens (including phenoxy) is 1. The molecule has 8 heteroatoms. The molecule has 0 bridgehead atoms. The summed E-state index contributed by atoms with van der Waals surface area (Å²) < 4.78 is 6.16. The monoisotopic (exact) mass is 425 g/mol. The molecule has 0 amide bonds. The maximum atomic E-state index is 6.16. The number of hydrogen-bond acceptors (Lipinski definition) is 6. The highest BCUT2D eigenvalue weighted by atomic mass is 35.5. The second-order valence-corrected chi connectivity index (χ2v) is 7.11. The molecule has 0 aromatic carbocycles. The van der Waals surface area contributed by atoms with Crippen LogP contribution in [0.25, 0.3) is 0 Å². The molecule has 0 radical (unpaired) electrons. The number of aryl methyl sites for hydroxylation is 1. The Morgan fingerprint density at radius 2 is 2.04 bits per heavy atom. The van der Waals surface area contributed by atoms with E-state index in [0.717, 1.165) is 69.2 Å². The number of hydrogen-bond donors (Lipinski definition) is 1. The average molecular weight is 426 g/mol. The molecule has 6 nitrogen and oxygen atoms in total. The number of aromatic nitrogens is 3. The normalized spacial score (nSPS) is 19.0. The van der Waals surface area contributed by atoms with Gasteiger partial charge >= 0.3 is 0 Å². The Morgan fingerprint density at radius 1 is 1.18 bits per heavy atom. The van der Waals surface area contributed by atoms with E-state index >= 15 is 0 Å². The summed E-state index contributed by atoms with van der Waals surface area (Å²) in [6.45, 7) is 6.51. The van der Waals surface area contributed by atoms with Gasteiger partial charge < -0.3 is 15.0 Å². The van der Waals surface area contributed by atoms with Gasteiger partial charge in [-0.2, -0.15) is 0 Å². The van der Waals surface area contributed by atoms with Crippen molar-refractivity contribution in [3.8, 4) is 0 Å². The summed E-state index contributed by atoms with van der Waals surface area (Å²) >= 11 is 0. The number of piperidine rings is 1. The molecule has 2 aliphatic heterocycles. The van der Waals surface area contributed by atoms with Crippen molar-refractivity contribution in [1.29, 1.82) is 0 Å². The van der Waals surface area contributed by atoms with E-state index in [4.69, 9.17) is 14.7 Å². The standard InChI is InChI=1S/C20H27N5O.2ClH/c1-15-23-19-8-11-21-10-7-18(19)20(24-15)25-12-4-6-17(13-25)26-14-16-5-2-3-9-22-16;;/h2-3,5,9,17,21H,4,6-8,10-14H2,1H3;2*1H. The van der Waals surface area contributed by atoms with Crippen molar-refractivity contribution in [1.82, 2.24) is 20.3 Å². The van der Waals surface area contributed by atoms with Gasteiger partial charge in [0.05, 0.1) is 24.1 Å². The quantitative estimate of drug-likeness (QED) is 0.812. The summed E-state index contributed by atoms with van der Waals surface area (Å²) in [6, 6.07) is 5.96. The molecule has 2 aliphatic rings. The van der Waals surface area contributed by atoms with E-state index in [1.54, 1.807) is 0 Å². The Hall–Kier alpha value is -1.47. The molecule has 1 atom stereocenters. The van der Waals surface area contributed by atoms with E-state index in [1.165, 1.54) is 11.3 Å². The summed E-state index contributed by atoms with van der Waals surface area (Å²) in [6.07, 6.45) is 6.25. The number of anilines is 1. The van der Waals surface area contributed by atoms with Crippen LogP contribution in [0.5, 0.6) is 0 Å². The van der Waals surface area contributed by atoms with Crippen molar-refractivity contribution in [2.24, 2.45) is 0 Å². The number of halogens is 2. The molecule has 1 unspecified atom stereocenters. The van der Waals surface area contributed by atoms with Crippen LogP contribution >= 0.6 is 24.8 Å². The van der Waals surface area contributed by atoms with Gasteiger partial charge in [-0.1, -0.05) is 6.07 Å². The van der Waals surface area contributed by atoms with Gasteiger partial charge in [0.1, 0.15) is 11.6 Å². The van der Waals surface area contributed by atoms with Crippen LogP contribution in [0.4, 0.5) is 5.82 Å². The van der Waals surface area contributed by atoms with Gasteiger partial charge in [-0.05, 0) is 44.9 Å². The predicted molar refractivity (Wildman–Crippen MR) is 116 cm³/mol. The maximum absolute atomic E-state index is 6.16. The molecule has 0 spiro atoms. The SMILES string of the molecule is Cc1nc2c(c(N3CCCC(OCc4ccccn4)C3)n1)CCNCC2.Cl.Cl. The molecule has 4 heterocycles. The summed E-state index contributed by atoms with van der Waals surface area (Å²) in [7, 11) is 0. The van der Waals surface area contributed by atoms with Gasteiger partial charge in [0.15, 0.2) is 0 Å². The first-order valence-electron chi connectivity index (χ1n) is 9.63. The highest BCUT2D eigenvalue weighted by Gasteiger charge is 2.26. The summed E-state index contributed by atoms with van der Waals surface area (Å²) in [5.74, 6) is 2.00. The third-order valence-electron chi connectivity index (χ3n) is 5.14. The Balaban J connectivity index is 0.00000140. The number of nitrogens with zero attached hydrogens (tertiary/aromatic N) is 4. The molecule has 1 saturated heterocycles. The number of rotatable bonds is 4. The lowest BCUT2D eigenvalue weighted by molar-refractivity contribution is 0.0296. The van der Waals surface area contributed by atoms with Crippen molar-refractivity contribution in [2.45, 2.75) is 45.3 Å². The van der Waals surface area contributed by atoms with Crippen LogP contribution < -0.4 is 10.2 Å². The molecule has 154 valence electrons. The fraction of sp³-hybridized carbons (Fsp3) is 0.550. The summed E-state index contributed by atoms with van der Waals surface area (Å²) in [5, 5.41) is 3.47. The van der Waals surface area contributed by atoms with E-state index < -0.39 is 0 Å². The van der Waals surface area contributed by atoms with Gasteiger partial charge in [0.25, 0.3) is 0 Å². The van der Waals surface area contributed by atoms with Crippen LogP contribution in [-0.2, 0) is 24.2 Å². The van der Waals surface area contributed by atoms with Gasteiger partial charge in [-0.3, -0.25) is 4.98 Å². The molecule has 0 aliphatic carbocycles. The Morgan fingerprint density at radius 3 is 2.86 bits per heavy atom. The third kappa shape index (κ3) is 5.54. The van der Waals surface area contributed by atoms with E-state index in [0.29, 0.717) is 6.61 Å². The molecular formula is C20H29Cl2N5O. The lowest BCUT2D eigenvalue weighted by Crippen LogP contribution is -2.41. The van der Waals surface area contributed by atoms with Crippen LogP contribution in [0.2, 0.25) is 0 Å². The zero-order valence-electron chi connectivity index (χ0n) is 16.3. The van der Waals surface area contributed by atoms with Crippen LogP contribution in [0.3, 0.4) is 0 Å². The minimum absolute atomic E-state index is 0. The highest BCUT2D eigenvalue weighted by Crippen LogP contribution is 2.27. The van der Waals surface area contributed by atoms with Crippen LogP contribution in [0, 0.1) is 6.92 Å². The van der Waals surface area contributed by atoms with E-state index in [2.05, 4.69) is 15.2 Å². The molecule has 1 N–H and O–H groups in total. The first-order valence-corrected chi connectivity index (χ1v) is 9.63. The summed E-state index contributed by atoms with van der Waals surface area (Å²) in [5.41, 5.74) is 3.53. The second-order valence-electron chi connectivity index (χ2n) is 7.11. The van der Waals surface area contributed by atoms with Crippen molar-refractivity contribution >= 4 is 30.6 Å². The van der Waals surface area contributed by atoms with Crippen molar-refractivity contribution in [3.05, 3.63) is 47.2 Å². The third-order valence-corrected chi connectivity index (χ3v) is 5.14. The number of pyridine rings is 1. The van der Waals surface area contributed by atoms with E-state index in [1.807, 2.05) is 31.3 Å². The number of fused-ring (bicyclic) bond motifs is 1. The largest absolute Gasteiger partial charge is 0.370 e. The molecule has 28 heavy (non-hydrogen) atoms. The molecular weight excluding hydrogens is 397 g/mol. The Kier molecular flexibility index (Phi) is 8.89. The lowest BCUT2D eigenvalue weighted by atomic mass is 10.0. The average Bonchev–Trinajstić information content (AvgIpc) is 2.92. The first-order chi connectivity index (χ1) is 12.8. The molecule has 2 aromatic rings. The van der Waals surface area contributed by atoms with Crippen molar-refractivity contribution in [3.63, 3.8) is 0 Å². The van der Waals surface area contributed by atoms with Crippen LogP contribution in [0.15, 0.2) is 24.4 Å². The molecule has 4 rings (SSSR count). The highest BCUT2D eigenvalue weighted by molar-refractivity contribution is 5.85. The van der Waals surface area contributed by atoms with E-state index in [-0.39, 0.29) is 30.9 Å². The molecule has 1 fully saturated rings. The Bertz CT molecular complexity index is 747. The van der Waals surface area contributed by atoms with E-state index in [9.17, 15) is 0 Å². The molecule has 0 saturated carbocycles. The van der Waals surface area contributed by atoms with Gasteiger partial charge in [-0.25, -0.2) is 9.97 Å². The zero-order valence-corrected chi connectivity index (χ0v) is 17.9. The zero-order chi connectivity index (χ0) is 17.8. The first kappa shape index (κ1) is 22.8. The topological polar surface area (TPSA) is 63.2 Å². The smallest absolute Gasteiger partial charge is 0.135 e. The van der Waals surface area contributed by atoms with Crippen LogP contribution in [-0.4, -0.2) is 47.2 Å². The summed E-state index contributed by atoms with van der Waals surface area (Å²) in [4.78, 5) is 16.3. The fourth-order valence-corrected chi connectivity index (χ4v) is 3.86. The Labute approximate surface area is 179 Å². The fourth-order valence-electron chi connectivity index (χ4n) is 3.86. The minimum atomic E-state index is 0. The van der Waals surface area contributed by atoms with Crippen molar-refractivity contribution < 1.29 is 4.74 Å². The lowest BCUT2D eigenvalue weighted by Gasteiger charge is -2.35. The second kappa shape index (κ2) is 10.9. The molecule has 2 aromatic heterocycles. The number of nitrogens with one attached hydrogen (secondary N) is 1. The van der Waals surface area contributed by atoms with Gasteiger partial charge in [0.2, 0.25) is 0 Å². The minimum Gasteiger partial charge on any atom is -0.370 e. The van der Waals surface area contributed by atoms with Crippen molar-refractivity contribution in [2.75, 3.05) is 31.1 Å². The van der Waals surface area contributed by atoms with Gasteiger partial charge in [0, 0.05) is 37.8 Å². The predicted octanol–water partition coefficient (Wildman–Crippen LogP) is 2.90. The van der Waals surface area contributed by atoms with Gasteiger partial charge in [-0.15, -0.1) is 24.8 Å². The van der Waals surface area contributed by atoms with Crippen LogP contribution in [0.1, 0.15) is 35.6 Å².